The zero-order valence-corrected chi connectivity index (χ0v) is 9.55. The monoisotopic (exact) mass is 240 g/mol. The Balaban J connectivity index is 2.59. The van der Waals surface area contributed by atoms with Crippen LogP contribution in [0.4, 0.5) is 16.2 Å². The molecule has 2 amide bonds. The molecule has 0 saturated carbocycles. The van der Waals surface area contributed by atoms with E-state index in [1.807, 2.05) is 36.4 Å². The number of primary amides is 1. The van der Waals surface area contributed by atoms with Gasteiger partial charge in [0.1, 0.15) is 5.69 Å². The van der Waals surface area contributed by atoms with Gasteiger partial charge < -0.3 is 11.1 Å². The van der Waals surface area contributed by atoms with Crippen LogP contribution < -0.4 is 11.1 Å². The normalized spacial score (nSPS) is 9.78. The first kappa shape index (κ1) is 11.8. The first-order chi connectivity index (χ1) is 8.72. The highest BCUT2D eigenvalue weighted by Gasteiger charge is 2.11. The number of rotatable bonds is 3. The summed E-state index contributed by atoms with van der Waals surface area (Å²) in [6.07, 6.45) is 0. The first-order valence-electron chi connectivity index (χ1n) is 5.34. The van der Waals surface area contributed by atoms with Crippen LogP contribution in [0.2, 0.25) is 0 Å². The highest BCUT2D eigenvalue weighted by atomic mass is 16.2. The lowest BCUT2D eigenvalue weighted by molar-refractivity contribution is 0.259. The zero-order chi connectivity index (χ0) is 13.0. The van der Waals surface area contributed by atoms with E-state index in [0.717, 1.165) is 11.1 Å². The number of para-hydroxylation sites is 1. The van der Waals surface area contributed by atoms with E-state index in [9.17, 15) is 4.79 Å². The van der Waals surface area contributed by atoms with Crippen molar-refractivity contribution in [3.05, 3.63) is 48.5 Å². The molecule has 0 saturated heterocycles. The van der Waals surface area contributed by atoms with Gasteiger partial charge in [0.2, 0.25) is 0 Å². The number of amides is 2. The number of nitrogens with one attached hydrogen (secondary N) is 2. The number of nitrogens with two attached hydrogens (primary N) is 1. The minimum Gasteiger partial charge on any atom is -0.351 e. The lowest BCUT2D eigenvalue weighted by Gasteiger charge is -2.11. The van der Waals surface area contributed by atoms with E-state index in [0.29, 0.717) is 11.4 Å². The van der Waals surface area contributed by atoms with Crippen molar-refractivity contribution in [3.63, 3.8) is 0 Å². The molecule has 0 spiro atoms. The summed E-state index contributed by atoms with van der Waals surface area (Å²) in [5, 5.41) is 5.91. The first-order valence-corrected chi connectivity index (χ1v) is 5.34. The second kappa shape index (κ2) is 5.09. The van der Waals surface area contributed by atoms with Gasteiger partial charge in [0, 0.05) is 5.56 Å². The van der Waals surface area contributed by atoms with E-state index < -0.39 is 6.03 Å². The van der Waals surface area contributed by atoms with Gasteiger partial charge in [-0.3, -0.25) is 0 Å². The number of hydrogen-bond acceptors (Lipinski definition) is 3. The van der Waals surface area contributed by atoms with E-state index in [4.69, 9.17) is 11.3 Å². The molecule has 90 valence electrons. The molecule has 0 aliphatic carbocycles. The number of benzene rings is 2. The Morgan fingerprint density at radius 3 is 2.44 bits per heavy atom. The molecule has 0 atom stereocenters. The molecule has 0 fully saturated rings. The van der Waals surface area contributed by atoms with Gasteiger partial charge in [-0.15, -0.1) is 0 Å². The molecule has 0 bridgehead atoms. The Bertz CT molecular complexity index is 581. The molecule has 0 aromatic heterocycles. The Labute approximate surface area is 104 Å². The fraction of sp³-hybridized carbons (Fsp3) is 0. The second-order valence-corrected chi connectivity index (χ2v) is 3.67. The minimum atomic E-state index is -0.678. The van der Waals surface area contributed by atoms with Crippen LogP contribution >= 0.6 is 0 Å². The predicted molar refractivity (Wildman–Crippen MR) is 69.9 cm³/mol. The summed E-state index contributed by atoms with van der Waals surface area (Å²) in [7, 11) is 0. The fourth-order valence-electron chi connectivity index (χ4n) is 1.75. The third-order valence-corrected chi connectivity index (χ3v) is 2.50. The van der Waals surface area contributed by atoms with Crippen molar-refractivity contribution in [1.82, 2.24) is 0 Å². The van der Waals surface area contributed by atoms with Crippen molar-refractivity contribution in [3.8, 4) is 11.1 Å². The molecule has 18 heavy (non-hydrogen) atoms. The zero-order valence-electron chi connectivity index (χ0n) is 9.55. The topological polar surface area (TPSA) is 91.3 Å². The number of nitrogens with zero attached hydrogens (tertiary/aromatic N) is 1. The molecule has 5 nitrogen and oxygen atoms in total. The molecule has 0 aliphatic rings. The van der Waals surface area contributed by atoms with Crippen molar-refractivity contribution >= 4 is 17.4 Å². The Morgan fingerprint density at radius 1 is 1.11 bits per heavy atom. The second-order valence-electron chi connectivity index (χ2n) is 3.67. The Morgan fingerprint density at radius 2 is 1.83 bits per heavy atom. The van der Waals surface area contributed by atoms with Crippen molar-refractivity contribution < 1.29 is 4.79 Å². The molecule has 0 heterocycles. The quantitative estimate of drug-likeness (QED) is 0.704. The van der Waals surface area contributed by atoms with Crippen LogP contribution in [0.25, 0.3) is 11.1 Å². The lowest BCUT2D eigenvalue weighted by Crippen LogP contribution is -2.19. The molecule has 0 aliphatic heterocycles. The van der Waals surface area contributed by atoms with Crippen LogP contribution in [-0.2, 0) is 0 Å². The highest BCUT2D eigenvalue weighted by molar-refractivity contribution is 5.97. The number of carbonyl (C=O) groups is 1. The number of urea groups is 1. The van der Waals surface area contributed by atoms with Gasteiger partial charge in [-0.1, -0.05) is 42.5 Å². The van der Waals surface area contributed by atoms with Crippen molar-refractivity contribution in [2.75, 3.05) is 5.32 Å². The summed E-state index contributed by atoms with van der Waals surface area (Å²) < 4.78 is 0. The number of anilines is 1. The largest absolute Gasteiger partial charge is 0.351 e. The van der Waals surface area contributed by atoms with Crippen LogP contribution in [0.15, 0.2) is 53.6 Å². The van der Waals surface area contributed by atoms with Crippen molar-refractivity contribution in [2.45, 2.75) is 0 Å². The molecule has 5 heteroatoms. The standard InChI is InChI=1S/C13H12N4O/c14-13(18)16-12-10(7-4-8-11(12)17-15)9-5-2-1-3-6-9/h1-8,15H,(H3,14,16,18). The molecule has 0 radical (unpaired) electrons. The van der Waals surface area contributed by atoms with E-state index in [1.54, 1.807) is 12.1 Å². The van der Waals surface area contributed by atoms with Crippen molar-refractivity contribution in [2.24, 2.45) is 10.8 Å². The van der Waals surface area contributed by atoms with Crippen LogP contribution in [-0.4, -0.2) is 6.03 Å². The minimum absolute atomic E-state index is 0.371. The maximum atomic E-state index is 11.0. The summed E-state index contributed by atoms with van der Waals surface area (Å²) in [4.78, 5) is 11.0. The molecule has 2 aromatic carbocycles. The number of carbonyl (C=O) groups excluding carboxylic acids is 1. The average Bonchev–Trinajstić information content (AvgIpc) is 2.39. The maximum absolute atomic E-state index is 11.0. The van der Waals surface area contributed by atoms with E-state index in [2.05, 4.69) is 10.4 Å². The average molecular weight is 240 g/mol. The molecular formula is C13H12N4O. The van der Waals surface area contributed by atoms with Gasteiger partial charge in [0.25, 0.3) is 0 Å². The Hall–Kier alpha value is -2.69. The lowest BCUT2D eigenvalue weighted by atomic mass is 10.0. The van der Waals surface area contributed by atoms with Gasteiger partial charge in [0.05, 0.1) is 5.69 Å². The summed E-state index contributed by atoms with van der Waals surface area (Å²) in [6.45, 7) is 0. The maximum Gasteiger partial charge on any atom is 0.316 e. The summed E-state index contributed by atoms with van der Waals surface area (Å²) in [5.74, 6) is 0. The highest BCUT2D eigenvalue weighted by Crippen LogP contribution is 2.35. The summed E-state index contributed by atoms with van der Waals surface area (Å²) >= 11 is 0. The Kier molecular flexibility index (Phi) is 3.33. The molecule has 2 aromatic rings. The molecule has 2 rings (SSSR count). The third kappa shape index (κ3) is 2.35. The summed E-state index contributed by atoms with van der Waals surface area (Å²) in [5.41, 5.74) is 14.8. The van der Waals surface area contributed by atoms with Gasteiger partial charge in [-0.05, 0) is 11.6 Å². The smallest absolute Gasteiger partial charge is 0.316 e. The van der Waals surface area contributed by atoms with E-state index >= 15 is 0 Å². The van der Waals surface area contributed by atoms with E-state index in [1.165, 1.54) is 0 Å². The van der Waals surface area contributed by atoms with Gasteiger partial charge in [-0.2, -0.15) is 5.11 Å². The fourth-order valence-corrected chi connectivity index (χ4v) is 1.75. The van der Waals surface area contributed by atoms with Crippen LogP contribution in [0.3, 0.4) is 0 Å². The van der Waals surface area contributed by atoms with Crippen LogP contribution in [0, 0.1) is 5.53 Å². The predicted octanol–water partition coefficient (Wildman–Crippen LogP) is 3.51. The molecule has 0 unspecified atom stereocenters. The van der Waals surface area contributed by atoms with Gasteiger partial charge >= 0.3 is 6.03 Å². The molecule has 4 N–H and O–H groups in total. The van der Waals surface area contributed by atoms with Crippen LogP contribution in [0.1, 0.15) is 0 Å². The van der Waals surface area contributed by atoms with Gasteiger partial charge in [0.15, 0.2) is 0 Å². The number of hydrogen-bond donors (Lipinski definition) is 3. The SMILES string of the molecule is N=Nc1cccc(-c2ccccc2)c1NC(N)=O. The van der Waals surface area contributed by atoms with Crippen LogP contribution in [0.5, 0.6) is 0 Å². The summed E-state index contributed by atoms with van der Waals surface area (Å²) in [6, 6.07) is 14.1. The van der Waals surface area contributed by atoms with Gasteiger partial charge in [-0.25, -0.2) is 10.3 Å². The molecular weight excluding hydrogens is 228 g/mol. The van der Waals surface area contributed by atoms with Crippen molar-refractivity contribution in [1.29, 1.82) is 5.53 Å². The van der Waals surface area contributed by atoms with E-state index in [-0.39, 0.29) is 0 Å². The third-order valence-electron chi connectivity index (χ3n) is 2.50.